The van der Waals surface area contributed by atoms with E-state index in [0.29, 0.717) is 28.5 Å². The van der Waals surface area contributed by atoms with Crippen molar-refractivity contribution in [2.45, 2.75) is 13.5 Å². The molecule has 0 radical (unpaired) electrons. The van der Waals surface area contributed by atoms with Crippen LogP contribution in [-0.4, -0.2) is 32.4 Å². The molecule has 0 unspecified atom stereocenters. The van der Waals surface area contributed by atoms with E-state index in [4.69, 9.17) is 18.7 Å². The van der Waals surface area contributed by atoms with Gasteiger partial charge in [0.1, 0.15) is 17.2 Å². The van der Waals surface area contributed by atoms with Crippen LogP contribution in [0.1, 0.15) is 21.6 Å². The van der Waals surface area contributed by atoms with E-state index in [1.807, 2.05) is 0 Å². The van der Waals surface area contributed by atoms with Crippen molar-refractivity contribution in [3.63, 3.8) is 0 Å². The topological polar surface area (TPSA) is 82.8 Å². The number of nitrogens with zero attached hydrogens (tertiary/aromatic N) is 1. The van der Waals surface area contributed by atoms with Gasteiger partial charge >= 0.3 is 0 Å². The summed E-state index contributed by atoms with van der Waals surface area (Å²) in [6, 6.07) is 6.39. The van der Waals surface area contributed by atoms with Gasteiger partial charge in [0.25, 0.3) is 5.91 Å². The van der Waals surface area contributed by atoms with Crippen molar-refractivity contribution >= 4 is 5.91 Å². The van der Waals surface area contributed by atoms with E-state index in [-0.39, 0.29) is 23.4 Å². The first-order valence-corrected chi connectivity index (χ1v) is 8.88. The molecule has 1 N–H and O–H groups in total. The number of amides is 1. The number of halogens is 2. The van der Waals surface area contributed by atoms with E-state index in [0.717, 1.165) is 12.1 Å². The lowest BCUT2D eigenvalue weighted by molar-refractivity contribution is 0.0950. The number of aryl methyl sites for hydroxylation is 1. The maximum Gasteiger partial charge on any atom is 0.257 e. The Labute approximate surface area is 171 Å². The highest BCUT2D eigenvalue weighted by atomic mass is 19.1. The third-order valence-corrected chi connectivity index (χ3v) is 4.47. The first kappa shape index (κ1) is 21.1. The number of rotatable bonds is 7. The van der Waals surface area contributed by atoms with Gasteiger partial charge in [0.15, 0.2) is 17.3 Å². The molecule has 0 bridgehead atoms. The number of ether oxygens (including phenoxy) is 3. The predicted molar refractivity (Wildman–Crippen MR) is 104 cm³/mol. The summed E-state index contributed by atoms with van der Waals surface area (Å²) in [6.07, 6.45) is 0. The van der Waals surface area contributed by atoms with Gasteiger partial charge in [-0.3, -0.25) is 4.79 Å². The molecule has 3 rings (SSSR count). The Kier molecular flexibility index (Phi) is 6.20. The van der Waals surface area contributed by atoms with Gasteiger partial charge in [0.05, 0.1) is 27.0 Å². The smallest absolute Gasteiger partial charge is 0.257 e. The van der Waals surface area contributed by atoms with Gasteiger partial charge in [-0.2, -0.15) is 0 Å². The van der Waals surface area contributed by atoms with Crippen LogP contribution in [0.15, 0.2) is 34.9 Å². The number of hydrogen-bond donors (Lipinski definition) is 1. The minimum atomic E-state index is -0.748. The highest BCUT2D eigenvalue weighted by molar-refractivity contribution is 6.00. The zero-order chi connectivity index (χ0) is 21.8. The minimum absolute atomic E-state index is 0.135. The van der Waals surface area contributed by atoms with Gasteiger partial charge in [0.2, 0.25) is 5.75 Å². The van der Waals surface area contributed by atoms with Crippen LogP contribution < -0.4 is 19.5 Å². The molecule has 0 atom stereocenters. The molecule has 30 heavy (non-hydrogen) atoms. The van der Waals surface area contributed by atoms with E-state index in [9.17, 15) is 13.6 Å². The Morgan fingerprint density at radius 1 is 1.07 bits per heavy atom. The van der Waals surface area contributed by atoms with Gasteiger partial charge in [-0.1, -0.05) is 11.2 Å². The molecule has 0 spiro atoms. The standard InChI is InChI=1S/C21H20F2N2O5/c1-11-18(21(26)24-10-12-5-6-14(22)9-15(12)23)19(30-25-11)13-7-16(27-2)20(29-4)17(8-13)28-3/h5-9H,10H2,1-4H3,(H,24,26). The zero-order valence-corrected chi connectivity index (χ0v) is 16.8. The number of methoxy groups -OCH3 is 3. The highest BCUT2D eigenvalue weighted by Gasteiger charge is 2.24. The van der Waals surface area contributed by atoms with Crippen molar-refractivity contribution < 1.29 is 32.3 Å². The van der Waals surface area contributed by atoms with Crippen LogP contribution in [0.25, 0.3) is 11.3 Å². The van der Waals surface area contributed by atoms with Crippen LogP contribution >= 0.6 is 0 Å². The monoisotopic (exact) mass is 418 g/mol. The largest absolute Gasteiger partial charge is 0.493 e. The van der Waals surface area contributed by atoms with Crippen LogP contribution in [0.3, 0.4) is 0 Å². The number of nitrogens with one attached hydrogen (secondary N) is 1. The van der Waals surface area contributed by atoms with Crippen molar-refractivity contribution in [1.29, 1.82) is 0 Å². The third-order valence-electron chi connectivity index (χ3n) is 4.47. The van der Waals surface area contributed by atoms with Crippen molar-refractivity contribution in [3.8, 4) is 28.6 Å². The second kappa shape index (κ2) is 8.81. The molecule has 1 amide bonds. The summed E-state index contributed by atoms with van der Waals surface area (Å²) in [5.41, 5.74) is 1.14. The van der Waals surface area contributed by atoms with Crippen LogP contribution in [0.2, 0.25) is 0 Å². The fraction of sp³-hybridized carbons (Fsp3) is 0.238. The normalized spacial score (nSPS) is 10.6. The Bertz CT molecular complexity index is 1060. The van der Waals surface area contributed by atoms with E-state index < -0.39 is 17.5 Å². The van der Waals surface area contributed by atoms with Crippen LogP contribution in [0.5, 0.6) is 17.2 Å². The summed E-state index contributed by atoms with van der Waals surface area (Å²) >= 11 is 0. The Hall–Kier alpha value is -3.62. The molecule has 0 aliphatic carbocycles. The number of carbonyl (C=O) groups excluding carboxylic acids is 1. The van der Waals surface area contributed by atoms with E-state index in [1.165, 1.54) is 27.4 Å². The van der Waals surface area contributed by atoms with Crippen molar-refractivity contribution in [1.82, 2.24) is 10.5 Å². The lowest BCUT2D eigenvalue weighted by atomic mass is 10.0. The van der Waals surface area contributed by atoms with Crippen molar-refractivity contribution in [3.05, 3.63) is 58.8 Å². The average molecular weight is 418 g/mol. The molecule has 0 saturated carbocycles. The maximum absolute atomic E-state index is 13.8. The van der Waals surface area contributed by atoms with Gasteiger partial charge in [-0.25, -0.2) is 8.78 Å². The quantitative estimate of drug-likeness (QED) is 0.627. The number of hydrogen-bond acceptors (Lipinski definition) is 6. The summed E-state index contributed by atoms with van der Waals surface area (Å²) < 4.78 is 48.3. The molecule has 1 aromatic heterocycles. The van der Waals surface area contributed by atoms with E-state index in [1.54, 1.807) is 19.1 Å². The van der Waals surface area contributed by atoms with Gasteiger partial charge in [-0.15, -0.1) is 0 Å². The van der Waals surface area contributed by atoms with Gasteiger partial charge in [-0.05, 0) is 25.1 Å². The number of carbonyl (C=O) groups is 1. The average Bonchev–Trinajstić information content (AvgIpc) is 3.13. The van der Waals surface area contributed by atoms with Gasteiger partial charge < -0.3 is 24.1 Å². The van der Waals surface area contributed by atoms with Crippen LogP contribution in [0, 0.1) is 18.6 Å². The molecule has 7 nitrogen and oxygen atoms in total. The van der Waals surface area contributed by atoms with Gasteiger partial charge in [0, 0.05) is 23.7 Å². The Balaban J connectivity index is 1.94. The highest BCUT2D eigenvalue weighted by Crippen LogP contribution is 2.42. The molecule has 0 aliphatic rings. The second-order valence-electron chi connectivity index (χ2n) is 6.30. The molecule has 1 heterocycles. The Morgan fingerprint density at radius 3 is 2.30 bits per heavy atom. The molecule has 158 valence electrons. The van der Waals surface area contributed by atoms with E-state index >= 15 is 0 Å². The minimum Gasteiger partial charge on any atom is -0.493 e. The fourth-order valence-corrected chi connectivity index (χ4v) is 2.98. The van der Waals surface area contributed by atoms with Crippen LogP contribution in [0.4, 0.5) is 8.78 Å². The molecule has 9 heteroatoms. The SMILES string of the molecule is COc1cc(-c2onc(C)c2C(=O)NCc2ccc(F)cc2F)cc(OC)c1OC. The molecule has 2 aromatic carbocycles. The first-order valence-electron chi connectivity index (χ1n) is 8.88. The van der Waals surface area contributed by atoms with E-state index in [2.05, 4.69) is 10.5 Å². The third kappa shape index (κ3) is 4.05. The summed E-state index contributed by atoms with van der Waals surface area (Å²) in [5.74, 6) is -0.645. The fourth-order valence-electron chi connectivity index (χ4n) is 2.98. The zero-order valence-electron chi connectivity index (χ0n) is 16.8. The first-order chi connectivity index (χ1) is 14.4. The van der Waals surface area contributed by atoms with Crippen LogP contribution in [-0.2, 0) is 6.54 Å². The molecule has 0 aliphatic heterocycles. The molecular weight excluding hydrogens is 398 g/mol. The summed E-state index contributed by atoms with van der Waals surface area (Å²) in [6.45, 7) is 1.47. The predicted octanol–water partition coefficient (Wildman–Crippen LogP) is 3.88. The number of aromatic nitrogens is 1. The maximum atomic E-state index is 13.8. The lowest BCUT2D eigenvalue weighted by Crippen LogP contribution is -2.24. The summed E-state index contributed by atoms with van der Waals surface area (Å²) in [4.78, 5) is 12.8. The van der Waals surface area contributed by atoms with Crippen molar-refractivity contribution in [2.75, 3.05) is 21.3 Å². The molecule has 3 aromatic rings. The van der Waals surface area contributed by atoms with Crippen molar-refractivity contribution in [2.24, 2.45) is 0 Å². The molecule has 0 saturated heterocycles. The summed E-state index contributed by atoms with van der Waals surface area (Å²) in [5, 5.41) is 6.48. The molecular formula is C21H20F2N2O5. The lowest BCUT2D eigenvalue weighted by Gasteiger charge is -2.13. The molecule has 0 fully saturated rings. The summed E-state index contributed by atoms with van der Waals surface area (Å²) in [7, 11) is 4.42. The Morgan fingerprint density at radius 2 is 1.73 bits per heavy atom. The second-order valence-corrected chi connectivity index (χ2v) is 6.30. The number of benzene rings is 2.